The van der Waals surface area contributed by atoms with Gasteiger partial charge in [0.1, 0.15) is 11.9 Å². The molecule has 0 aliphatic heterocycles. The Morgan fingerprint density at radius 3 is 2.47 bits per heavy atom. The first kappa shape index (κ1) is 19.6. The molecule has 0 radical (unpaired) electrons. The quantitative estimate of drug-likeness (QED) is 0.430. The van der Waals surface area contributed by atoms with E-state index in [4.69, 9.17) is 4.74 Å². The van der Waals surface area contributed by atoms with Crippen LogP contribution in [0.2, 0.25) is 0 Å². The van der Waals surface area contributed by atoms with E-state index in [-0.39, 0.29) is 6.10 Å². The molecule has 0 bridgehead atoms. The molecule has 0 aliphatic rings. The van der Waals surface area contributed by atoms with Crippen LogP contribution in [0.5, 0.6) is 0 Å². The number of benzene rings is 3. The fourth-order valence-electron chi connectivity index (χ4n) is 3.62. The first-order valence-electron chi connectivity index (χ1n) is 9.90. The maximum Gasteiger partial charge on any atom is 0.142 e. The van der Waals surface area contributed by atoms with E-state index in [0.717, 1.165) is 33.6 Å². The Labute approximate surface area is 177 Å². The summed E-state index contributed by atoms with van der Waals surface area (Å²) in [5.41, 5.74) is 5.81. The van der Waals surface area contributed by atoms with Crippen LogP contribution in [0.25, 0.3) is 11.1 Å². The van der Waals surface area contributed by atoms with Gasteiger partial charge in [0.25, 0.3) is 0 Å². The average Bonchev–Trinajstić information content (AvgIpc) is 3.20. The topological polar surface area (TPSA) is 50.8 Å². The molecular weight excluding hydrogens is 370 g/mol. The van der Waals surface area contributed by atoms with Crippen molar-refractivity contribution in [2.75, 3.05) is 0 Å². The van der Waals surface area contributed by atoms with Gasteiger partial charge in [-0.25, -0.2) is 4.98 Å². The highest BCUT2D eigenvalue weighted by Crippen LogP contribution is 2.33. The molecule has 0 saturated carbocycles. The molecular formula is C26H23N3O. The summed E-state index contributed by atoms with van der Waals surface area (Å²) in [6.07, 6.45) is 3.35. The maximum atomic E-state index is 9.68. The van der Waals surface area contributed by atoms with Gasteiger partial charge in [0, 0.05) is 25.0 Å². The Balaban J connectivity index is 1.77. The minimum Gasteiger partial charge on any atom is -0.361 e. The van der Waals surface area contributed by atoms with E-state index in [9.17, 15) is 5.26 Å². The van der Waals surface area contributed by atoms with Crippen molar-refractivity contribution in [3.8, 4) is 17.2 Å². The highest BCUT2D eigenvalue weighted by Gasteiger charge is 2.21. The van der Waals surface area contributed by atoms with Crippen molar-refractivity contribution < 1.29 is 4.74 Å². The normalized spacial score (nSPS) is 11.8. The molecule has 30 heavy (non-hydrogen) atoms. The van der Waals surface area contributed by atoms with Gasteiger partial charge in [-0.2, -0.15) is 5.26 Å². The molecule has 148 valence electrons. The number of ether oxygens (including phenoxy) is 1. The van der Waals surface area contributed by atoms with E-state index in [1.165, 1.54) is 0 Å². The van der Waals surface area contributed by atoms with Crippen molar-refractivity contribution in [3.05, 3.63) is 113 Å². The number of rotatable bonds is 6. The van der Waals surface area contributed by atoms with Crippen LogP contribution in [-0.2, 0) is 18.4 Å². The molecule has 1 heterocycles. The third-order valence-electron chi connectivity index (χ3n) is 5.25. The minimum atomic E-state index is -0.347. The van der Waals surface area contributed by atoms with Crippen molar-refractivity contribution in [2.24, 2.45) is 7.05 Å². The fraction of sp³-hybridized carbons (Fsp3) is 0.154. The van der Waals surface area contributed by atoms with Gasteiger partial charge in [-0.15, -0.1) is 0 Å². The van der Waals surface area contributed by atoms with Gasteiger partial charge in [-0.05, 0) is 41.3 Å². The summed E-state index contributed by atoms with van der Waals surface area (Å²) >= 11 is 0. The number of hydrogen-bond acceptors (Lipinski definition) is 3. The average molecular weight is 393 g/mol. The molecule has 4 aromatic rings. The number of hydrogen-bond donors (Lipinski definition) is 0. The zero-order valence-electron chi connectivity index (χ0n) is 17.1. The van der Waals surface area contributed by atoms with Crippen molar-refractivity contribution in [1.82, 2.24) is 9.55 Å². The third kappa shape index (κ3) is 4.03. The SMILES string of the molecule is Cc1ccccc1-c1cc(C(OCc2ccccc2)c2nccn2C)ccc1C#N. The molecule has 0 aliphatic carbocycles. The van der Waals surface area contributed by atoms with Crippen LogP contribution in [-0.4, -0.2) is 9.55 Å². The summed E-state index contributed by atoms with van der Waals surface area (Å²) < 4.78 is 8.34. The van der Waals surface area contributed by atoms with Gasteiger partial charge < -0.3 is 9.30 Å². The lowest BCUT2D eigenvalue weighted by Gasteiger charge is -2.20. The van der Waals surface area contributed by atoms with Crippen LogP contribution in [0.1, 0.15) is 34.2 Å². The van der Waals surface area contributed by atoms with Crippen LogP contribution in [0, 0.1) is 18.3 Å². The van der Waals surface area contributed by atoms with Crippen molar-refractivity contribution in [2.45, 2.75) is 19.6 Å². The predicted molar refractivity (Wildman–Crippen MR) is 118 cm³/mol. The molecule has 0 fully saturated rings. The monoisotopic (exact) mass is 393 g/mol. The Kier molecular flexibility index (Phi) is 5.74. The predicted octanol–water partition coefficient (Wildman–Crippen LogP) is 5.57. The van der Waals surface area contributed by atoms with Crippen LogP contribution in [0.4, 0.5) is 0 Å². The van der Waals surface area contributed by atoms with E-state index < -0.39 is 0 Å². The first-order chi connectivity index (χ1) is 14.7. The smallest absolute Gasteiger partial charge is 0.142 e. The van der Waals surface area contributed by atoms with Crippen LogP contribution < -0.4 is 0 Å². The summed E-state index contributed by atoms with van der Waals surface area (Å²) in [6.45, 7) is 2.53. The van der Waals surface area contributed by atoms with Gasteiger partial charge >= 0.3 is 0 Å². The highest BCUT2D eigenvalue weighted by atomic mass is 16.5. The van der Waals surface area contributed by atoms with E-state index >= 15 is 0 Å². The van der Waals surface area contributed by atoms with Crippen molar-refractivity contribution >= 4 is 0 Å². The molecule has 0 N–H and O–H groups in total. The molecule has 3 aromatic carbocycles. The second-order valence-corrected chi connectivity index (χ2v) is 7.30. The molecule has 1 aromatic heterocycles. The minimum absolute atomic E-state index is 0.347. The van der Waals surface area contributed by atoms with E-state index in [1.807, 2.05) is 72.4 Å². The van der Waals surface area contributed by atoms with Crippen LogP contribution in [0.3, 0.4) is 0 Å². The summed E-state index contributed by atoms with van der Waals surface area (Å²) in [4.78, 5) is 4.54. The van der Waals surface area contributed by atoms with Gasteiger partial charge in [-0.1, -0.05) is 60.7 Å². The largest absolute Gasteiger partial charge is 0.361 e. The van der Waals surface area contributed by atoms with Crippen molar-refractivity contribution in [3.63, 3.8) is 0 Å². The third-order valence-corrected chi connectivity index (χ3v) is 5.25. The number of aryl methyl sites for hydroxylation is 2. The Morgan fingerprint density at radius 2 is 1.77 bits per heavy atom. The summed E-state index contributed by atoms with van der Waals surface area (Å²) in [7, 11) is 1.97. The zero-order chi connectivity index (χ0) is 20.9. The van der Waals surface area contributed by atoms with E-state index in [2.05, 4.69) is 36.2 Å². The van der Waals surface area contributed by atoms with E-state index in [0.29, 0.717) is 12.2 Å². The standard InChI is InChI=1S/C26H23N3O/c1-19-8-6-7-11-23(19)24-16-21(12-13-22(24)17-27)25(26-28-14-15-29(26)2)30-18-20-9-4-3-5-10-20/h3-16,25H,18H2,1-2H3. The molecule has 1 unspecified atom stereocenters. The number of imidazole rings is 1. The second kappa shape index (κ2) is 8.77. The van der Waals surface area contributed by atoms with Gasteiger partial charge in [0.2, 0.25) is 0 Å². The van der Waals surface area contributed by atoms with Gasteiger partial charge in [0.05, 0.1) is 18.2 Å². The molecule has 1 atom stereocenters. The molecule has 0 amide bonds. The Hall–Kier alpha value is -3.68. The molecule has 4 rings (SSSR count). The van der Waals surface area contributed by atoms with Crippen molar-refractivity contribution in [1.29, 1.82) is 5.26 Å². The maximum absolute atomic E-state index is 9.68. The zero-order valence-corrected chi connectivity index (χ0v) is 17.1. The second-order valence-electron chi connectivity index (χ2n) is 7.30. The Morgan fingerprint density at radius 1 is 1.00 bits per heavy atom. The summed E-state index contributed by atoms with van der Waals surface area (Å²) in [5, 5.41) is 9.68. The number of nitriles is 1. The number of nitrogens with zero attached hydrogens (tertiary/aromatic N) is 3. The van der Waals surface area contributed by atoms with Crippen LogP contribution in [0.15, 0.2) is 85.2 Å². The molecule has 0 spiro atoms. The lowest BCUT2D eigenvalue weighted by molar-refractivity contribution is 0.0593. The number of aromatic nitrogens is 2. The summed E-state index contributed by atoms with van der Waals surface area (Å²) in [5.74, 6) is 0.825. The molecule has 4 heteroatoms. The van der Waals surface area contributed by atoms with Gasteiger partial charge in [-0.3, -0.25) is 0 Å². The fourth-order valence-corrected chi connectivity index (χ4v) is 3.62. The Bertz CT molecular complexity index is 1190. The van der Waals surface area contributed by atoms with Gasteiger partial charge in [0.15, 0.2) is 0 Å². The highest BCUT2D eigenvalue weighted by molar-refractivity contribution is 5.74. The molecule has 4 nitrogen and oxygen atoms in total. The van der Waals surface area contributed by atoms with E-state index in [1.54, 1.807) is 6.20 Å². The lowest BCUT2D eigenvalue weighted by Crippen LogP contribution is -2.12. The van der Waals surface area contributed by atoms with Crippen LogP contribution >= 0.6 is 0 Å². The lowest BCUT2D eigenvalue weighted by atomic mass is 9.93. The first-order valence-corrected chi connectivity index (χ1v) is 9.90. The summed E-state index contributed by atoms with van der Waals surface area (Å²) in [6, 6.07) is 26.5. The molecule has 0 saturated heterocycles.